The molecule has 0 saturated carbocycles. The molecule has 0 radical (unpaired) electrons. The van der Waals surface area contributed by atoms with E-state index in [1.54, 1.807) is 29.2 Å². The van der Waals surface area contributed by atoms with Crippen molar-refractivity contribution in [1.29, 1.82) is 5.26 Å². The molecule has 1 saturated heterocycles. The maximum absolute atomic E-state index is 12.9. The number of carbonyl (C=O) groups is 1. The van der Waals surface area contributed by atoms with Crippen LogP contribution >= 0.6 is 35.6 Å². The number of aryl methyl sites for hydroxylation is 1. The molecule has 0 aromatic heterocycles. The molecule has 1 aliphatic heterocycles. The largest absolute Gasteiger partial charge is 0.487 e. The molecule has 3 aromatic carbocycles. The monoisotopic (exact) mass is 490 g/mol. The fourth-order valence-electron chi connectivity index (χ4n) is 3.30. The average Bonchev–Trinajstić information content (AvgIpc) is 3.07. The minimum Gasteiger partial charge on any atom is -0.487 e. The van der Waals surface area contributed by atoms with Crippen LogP contribution in [-0.2, 0) is 17.9 Å². The Labute approximate surface area is 207 Å². The summed E-state index contributed by atoms with van der Waals surface area (Å²) in [6, 6.07) is 22.8. The molecule has 0 bridgehead atoms. The molecular weight excluding hydrogens is 472 g/mol. The maximum Gasteiger partial charge on any atom is 0.266 e. The molecule has 33 heavy (non-hydrogen) atoms. The van der Waals surface area contributed by atoms with E-state index >= 15 is 0 Å². The van der Waals surface area contributed by atoms with Crippen molar-refractivity contribution in [2.24, 2.45) is 0 Å². The zero-order chi connectivity index (χ0) is 23.4. The Hall–Kier alpha value is -3.11. The van der Waals surface area contributed by atoms with E-state index in [4.69, 9.17) is 28.6 Å². The number of rotatable bonds is 6. The lowest BCUT2D eigenvalue weighted by Gasteiger charge is -2.14. The van der Waals surface area contributed by atoms with Crippen molar-refractivity contribution in [2.45, 2.75) is 20.1 Å². The van der Waals surface area contributed by atoms with Gasteiger partial charge in [-0.15, -0.1) is 0 Å². The Kier molecular flexibility index (Phi) is 7.14. The second-order valence-electron chi connectivity index (χ2n) is 7.50. The Morgan fingerprint density at radius 2 is 1.91 bits per heavy atom. The topological polar surface area (TPSA) is 53.3 Å². The number of ether oxygens (including phenoxy) is 1. The summed E-state index contributed by atoms with van der Waals surface area (Å²) < 4.78 is 6.35. The van der Waals surface area contributed by atoms with Gasteiger partial charge in [0, 0.05) is 5.56 Å². The van der Waals surface area contributed by atoms with Crippen molar-refractivity contribution in [3.63, 3.8) is 0 Å². The van der Waals surface area contributed by atoms with Gasteiger partial charge in [-0.1, -0.05) is 89.7 Å². The van der Waals surface area contributed by atoms with E-state index in [-0.39, 0.29) is 12.5 Å². The summed E-state index contributed by atoms with van der Waals surface area (Å²) in [5.41, 5.74) is 4.33. The molecule has 4 nitrogen and oxygen atoms in total. The van der Waals surface area contributed by atoms with E-state index < -0.39 is 0 Å². The van der Waals surface area contributed by atoms with Gasteiger partial charge in [0.05, 0.1) is 28.1 Å². The normalized spacial score (nSPS) is 14.6. The van der Waals surface area contributed by atoms with Crippen LogP contribution in [0.1, 0.15) is 27.8 Å². The summed E-state index contributed by atoms with van der Waals surface area (Å²) in [6.45, 7) is 2.71. The number of nitrogens with zero attached hydrogens (tertiary/aromatic N) is 2. The molecule has 0 N–H and O–H groups in total. The van der Waals surface area contributed by atoms with Gasteiger partial charge >= 0.3 is 0 Å². The van der Waals surface area contributed by atoms with Crippen LogP contribution in [0.4, 0.5) is 0 Å². The summed E-state index contributed by atoms with van der Waals surface area (Å²) in [5.74, 6) is 0.392. The number of carbonyl (C=O) groups excluding carboxylic acids is 1. The number of thiocarbonyl (C=S) groups is 1. The molecular formula is C26H19ClN2O2S2. The smallest absolute Gasteiger partial charge is 0.266 e. The first-order valence-electron chi connectivity index (χ1n) is 10.2. The highest BCUT2D eigenvalue weighted by atomic mass is 35.5. The highest BCUT2D eigenvalue weighted by molar-refractivity contribution is 8.26. The third-order valence-corrected chi connectivity index (χ3v) is 6.78. The maximum atomic E-state index is 12.9. The van der Waals surface area contributed by atoms with Crippen LogP contribution in [0.15, 0.2) is 71.6 Å². The lowest BCUT2D eigenvalue weighted by Crippen LogP contribution is -2.27. The molecule has 7 heteroatoms. The van der Waals surface area contributed by atoms with Crippen LogP contribution in [0, 0.1) is 18.3 Å². The predicted molar refractivity (Wildman–Crippen MR) is 137 cm³/mol. The van der Waals surface area contributed by atoms with Crippen molar-refractivity contribution in [1.82, 2.24) is 4.90 Å². The van der Waals surface area contributed by atoms with Crippen LogP contribution < -0.4 is 4.74 Å². The van der Waals surface area contributed by atoms with E-state index in [0.29, 0.717) is 32.1 Å². The summed E-state index contributed by atoms with van der Waals surface area (Å²) in [4.78, 5) is 15.1. The average molecular weight is 491 g/mol. The van der Waals surface area contributed by atoms with Crippen LogP contribution in [0.25, 0.3) is 6.08 Å². The summed E-state index contributed by atoms with van der Waals surface area (Å²) in [5, 5.41) is 9.64. The molecule has 4 rings (SSSR count). The van der Waals surface area contributed by atoms with Gasteiger partial charge in [0.2, 0.25) is 0 Å². The van der Waals surface area contributed by atoms with Gasteiger partial charge in [0.25, 0.3) is 5.91 Å². The Bertz CT molecular complexity index is 1300. The fourth-order valence-corrected chi connectivity index (χ4v) is 4.80. The van der Waals surface area contributed by atoms with Gasteiger partial charge in [-0.05, 0) is 42.3 Å². The highest BCUT2D eigenvalue weighted by Gasteiger charge is 2.32. The Morgan fingerprint density at radius 1 is 1.15 bits per heavy atom. The van der Waals surface area contributed by atoms with Crippen LogP contribution in [0.3, 0.4) is 0 Å². The van der Waals surface area contributed by atoms with Gasteiger partial charge in [0.15, 0.2) is 0 Å². The molecule has 0 aliphatic carbocycles. The number of thioether (sulfide) groups is 1. The molecule has 0 unspecified atom stereocenters. The highest BCUT2D eigenvalue weighted by Crippen LogP contribution is 2.35. The number of nitriles is 1. The lowest BCUT2D eigenvalue weighted by molar-refractivity contribution is -0.122. The standard InChI is InChI=1S/C26H19ClN2O2S2/c1-17-6-8-18(9-7-17)15-29-25(30)24(33-26(29)32)13-19-10-11-23(22(27)12-19)31-16-21-5-3-2-4-20(21)14-28/h2-13H,15-16H2,1H3/b24-13-. The molecule has 1 aliphatic rings. The minimum absolute atomic E-state index is 0.116. The van der Waals surface area contributed by atoms with E-state index in [2.05, 4.69) is 6.07 Å². The van der Waals surface area contributed by atoms with E-state index in [9.17, 15) is 10.1 Å². The number of amides is 1. The second kappa shape index (κ2) is 10.2. The van der Waals surface area contributed by atoms with Crippen molar-refractivity contribution < 1.29 is 9.53 Å². The first-order chi connectivity index (χ1) is 15.9. The zero-order valence-corrected chi connectivity index (χ0v) is 20.1. The number of benzene rings is 3. The van der Waals surface area contributed by atoms with Crippen molar-refractivity contribution >= 4 is 51.9 Å². The molecule has 1 fully saturated rings. The zero-order valence-electron chi connectivity index (χ0n) is 17.7. The third-order valence-electron chi connectivity index (χ3n) is 5.11. The van der Waals surface area contributed by atoms with E-state index in [1.165, 1.54) is 17.3 Å². The lowest BCUT2D eigenvalue weighted by atomic mass is 10.1. The third kappa shape index (κ3) is 5.45. The number of halogens is 1. The number of hydrogen-bond acceptors (Lipinski definition) is 5. The molecule has 3 aromatic rings. The summed E-state index contributed by atoms with van der Waals surface area (Å²) >= 11 is 13.1. The Morgan fingerprint density at radius 3 is 2.64 bits per heavy atom. The fraction of sp³-hybridized carbons (Fsp3) is 0.115. The minimum atomic E-state index is -0.116. The molecule has 164 valence electrons. The van der Waals surface area contributed by atoms with E-state index in [1.807, 2.05) is 55.5 Å². The van der Waals surface area contributed by atoms with E-state index in [0.717, 1.165) is 16.7 Å². The first-order valence-corrected chi connectivity index (χ1v) is 11.8. The van der Waals surface area contributed by atoms with Crippen molar-refractivity contribution in [3.8, 4) is 11.8 Å². The van der Waals surface area contributed by atoms with Gasteiger partial charge in [-0.3, -0.25) is 9.69 Å². The van der Waals surface area contributed by atoms with Crippen LogP contribution in [0.2, 0.25) is 5.02 Å². The van der Waals surface area contributed by atoms with Crippen molar-refractivity contribution in [3.05, 3.63) is 104 Å². The van der Waals surface area contributed by atoms with Crippen LogP contribution in [0.5, 0.6) is 5.75 Å². The quantitative estimate of drug-likeness (QED) is 0.291. The molecule has 0 spiro atoms. The van der Waals surface area contributed by atoms with Crippen molar-refractivity contribution in [2.75, 3.05) is 0 Å². The summed E-state index contributed by atoms with van der Waals surface area (Å²) in [7, 11) is 0. The SMILES string of the molecule is Cc1ccc(CN2C(=O)/C(=C/c3ccc(OCc4ccccc4C#N)c(Cl)c3)SC2=S)cc1. The predicted octanol–water partition coefficient (Wildman–Crippen LogP) is 6.50. The molecule has 1 amide bonds. The van der Waals surface area contributed by atoms with Gasteiger partial charge in [-0.25, -0.2) is 0 Å². The summed E-state index contributed by atoms with van der Waals surface area (Å²) in [6.07, 6.45) is 1.79. The van der Waals surface area contributed by atoms with Crippen LogP contribution in [-0.4, -0.2) is 15.1 Å². The Balaban J connectivity index is 1.46. The first kappa shape index (κ1) is 23.1. The second-order valence-corrected chi connectivity index (χ2v) is 9.58. The molecule has 0 atom stereocenters. The van der Waals surface area contributed by atoms with Gasteiger partial charge in [0.1, 0.15) is 16.7 Å². The number of hydrogen-bond donors (Lipinski definition) is 0. The van der Waals surface area contributed by atoms with Gasteiger partial charge in [-0.2, -0.15) is 5.26 Å². The van der Waals surface area contributed by atoms with Gasteiger partial charge < -0.3 is 4.74 Å². The molecule has 1 heterocycles.